The average Bonchev–Trinajstić information content (AvgIpc) is 2.89. The summed E-state index contributed by atoms with van der Waals surface area (Å²) in [6.45, 7) is 4.12. The van der Waals surface area contributed by atoms with Crippen molar-refractivity contribution in [3.05, 3.63) is 28.5 Å². The largest absolute Gasteiger partial charge is 0.507 e. The number of aliphatic hydroxyl groups excluding tert-OH is 1. The first-order valence-corrected chi connectivity index (χ1v) is 7.87. The molecule has 6 nitrogen and oxygen atoms in total. The molecule has 1 fully saturated rings. The number of aromatic nitrogens is 1. The zero-order chi connectivity index (χ0) is 16.6. The van der Waals surface area contributed by atoms with Crippen LogP contribution in [0.3, 0.4) is 0 Å². The fraction of sp³-hybridized carbons (Fsp3) is 0.471. The highest BCUT2D eigenvalue weighted by Crippen LogP contribution is 2.43. The molecule has 0 radical (unpaired) electrons. The van der Waals surface area contributed by atoms with E-state index in [2.05, 4.69) is 4.98 Å². The summed E-state index contributed by atoms with van der Waals surface area (Å²) in [4.78, 5) is 28.2. The van der Waals surface area contributed by atoms with Crippen molar-refractivity contribution in [3.63, 3.8) is 0 Å². The number of carbonyl (C=O) groups excluding carboxylic acids is 2. The van der Waals surface area contributed by atoms with Gasteiger partial charge in [0.05, 0.1) is 18.8 Å². The van der Waals surface area contributed by atoms with Crippen LogP contribution in [-0.2, 0) is 16.0 Å². The van der Waals surface area contributed by atoms with Crippen molar-refractivity contribution in [2.24, 2.45) is 5.92 Å². The Kier molecular flexibility index (Phi) is 4.07. The van der Waals surface area contributed by atoms with Crippen LogP contribution in [0.5, 0.6) is 5.88 Å². The molecule has 1 atom stereocenters. The van der Waals surface area contributed by atoms with E-state index in [1.165, 1.54) is 0 Å². The predicted octanol–water partition coefficient (Wildman–Crippen LogP) is 2.46. The van der Waals surface area contributed by atoms with Gasteiger partial charge in [-0.3, -0.25) is 4.79 Å². The summed E-state index contributed by atoms with van der Waals surface area (Å²) in [6.07, 6.45) is 1.76. The molecule has 1 N–H and O–H groups in total. The van der Waals surface area contributed by atoms with Crippen molar-refractivity contribution in [3.8, 4) is 5.88 Å². The molecule has 1 aromatic heterocycles. The molecule has 23 heavy (non-hydrogen) atoms. The van der Waals surface area contributed by atoms with Gasteiger partial charge in [-0.25, -0.2) is 9.78 Å². The summed E-state index contributed by atoms with van der Waals surface area (Å²) >= 11 is 0. The van der Waals surface area contributed by atoms with E-state index in [0.29, 0.717) is 30.6 Å². The minimum atomic E-state index is -0.520. The van der Waals surface area contributed by atoms with Gasteiger partial charge in [-0.05, 0) is 44.2 Å². The van der Waals surface area contributed by atoms with Gasteiger partial charge in [0.1, 0.15) is 5.76 Å². The molecule has 2 aliphatic rings. The number of fused-ring (bicyclic) bond motifs is 2. The van der Waals surface area contributed by atoms with Crippen LogP contribution in [0.15, 0.2) is 11.6 Å². The molecule has 6 heteroatoms. The van der Waals surface area contributed by atoms with E-state index in [0.717, 1.165) is 12.0 Å². The predicted molar refractivity (Wildman–Crippen MR) is 82.3 cm³/mol. The number of allylic oxidation sites excluding steroid dienone is 1. The number of Topliss-reactive ketones (excluding diaryl/α,β-unsaturated/α-hetero) is 1. The zero-order valence-corrected chi connectivity index (χ0v) is 13.2. The first-order chi connectivity index (χ1) is 11.1. The number of nitrogens with zero attached hydrogens (tertiary/aromatic N) is 1. The Hall–Kier alpha value is -2.37. The second-order valence-corrected chi connectivity index (χ2v) is 5.63. The van der Waals surface area contributed by atoms with Gasteiger partial charge < -0.3 is 14.6 Å². The number of ketones is 1. The summed E-state index contributed by atoms with van der Waals surface area (Å²) in [5.74, 6) is -0.411. The number of esters is 1. The summed E-state index contributed by atoms with van der Waals surface area (Å²) < 4.78 is 10.5. The summed E-state index contributed by atoms with van der Waals surface area (Å²) in [5.41, 5.74) is 1.84. The van der Waals surface area contributed by atoms with Gasteiger partial charge in [-0.15, -0.1) is 0 Å². The topological polar surface area (TPSA) is 85.7 Å². The fourth-order valence-electron chi connectivity index (χ4n) is 3.28. The minimum Gasteiger partial charge on any atom is -0.507 e. The van der Waals surface area contributed by atoms with Gasteiger partial charge in [0, 0.05) is 12.0 Å². The second-order valence-electron chi connectivity index (χ2n) is 5.63. The number of pyridine rings is 1. The highest BCUT2D eigenvalue weighted by atomic mass is 16.5. The molecule has 3 rings (SSSR count). The van der Waals surface area contributed by atoms with Gasteiger partial charge in [0.2, 0.25) is 5.88 Å². The molecule has 1 saturated carbocycles. The Morgan fingerprint density at radius 2 is 2.17 bits per heavy atom. The first kappa shape index (κ1) is 15.5. The minimum absolute atomic E-state index is 0.00178. The summed E-state index contributed by atoms with van der Waals surface area (Å²) in [7, 11) is 0. The van der Waals surface area contributed by atoms with E-state index in [4.69, 9.17) is 9.47 Å². The fourth-order valence-corrected chi connectivity index (χ4v) is 3.28. The van der Waals surface area contributed by atoms with Crippen molar-refractivity contribution >= 4 is 17.5 Å². The molecule has 2 aliphatic carbocycles. The van der Waals surface area contributed by atoms with E-state index in [-0.39, 0.29) is 35.6 Å². The molecule has 122 valence electrons. The van der Waals surface area contributed by atoms with Crippen LogP contribution in [0.4, 0.5) is 0 Å². The molecular formula is C17H19NO5. The summed E-state index contributed by atoms with van der Waals surface area (Å²) in [5, 5.41) is 10.6. The number of ether oxygens (including phenoxy) is 2. The lowest BCUT2D eigenvalue weighted by atomic mass is 9.84. The van der Waals surface area contributed by atoms with E-state index < -0.39 is 5.97 Å². The number of carbonyl (C=O) groups is 2. The maximum absolute atomic E-state index is 12.0. The third-order valence-corrected chi connectivity index (χ3v) is 4.22. The standard InChI is InChI=1S/C17H19NO5/c1-3-22-16-14-10(8-11(18-16)17(21)23-4-2)7-9-5-6-12(19)13(9)15(14)20/h8-9,20H,3-7H2,1-2H3. The normalized spacial score (nSPS) is 19.4. The van der Waals surface area contributed by atoms with Crippen molar-refractivity contribution in [1.29, 1.82) is 0 Å². The van der Waals surface area contributed by atoms with Gasteiger partial charge in [-0.2, -0.15) is 0 Å². The molecule has 0 bridgehead atoms. The van der Waals surface area contributed by atoms with Gasteiger partial charge in [0.25, 0.3) is 0 Å². The molecule has 0 saturated heterocycles. The van der Waals surface area contributed by atoms with Gasteiger partial charge in [-0.1, -0.05) is 0 Å². The van der Waals surface area contributed by atoms with Crippen LogP contribution in [-0.4, -0.2) is 35.1 Å². The zero-order valence-electron chi connectivity index (χ0n) is 13.2. The maximum atomic E-state index is 12.0. The molecule has 0 aromatic carbocycles. The third-order valence-electron chi connectivity index (χ3n) is 4.22. The quantitative estimate of drug-likeness (QED) is 0.859. The average molecular weight is 317 g/mol. The van der Waals surface area contributed by atoms with Gasteiger partial charge >= 0.3 is 5.97 Å². The monoisotopic (exact) mass is 317 g/mol. The third kappa shape index (κ3) is 2.58. The highest BCUT2D eigenvalue weighted by Gasteiger charge is 2.38. The van der Waals surface area contributed by atoms with Crippen molar-refractivity contribution in [1.82, 2.24) is 4.98 Å². The Morgan fingerprint density at radius 1 is 1.39 bits per heavy atom. The number of hydrogen-bond donors (Lipinski definition) is 1. The first-order valence-electron chi connectivity index (χ1n) is 7.87. The lowest BCUT2D eigenvalue weighted by Gasteiger charge is -2.24. The molecular weight excluding hydrogens is 298 g/mol. The van der Waals surface area contributed by atoms with Crippen molar-refractivity contribution < 1.29 is 24.2 Å². The number of rotatable bonds is 4. The lowest BCUT2D eigenvalue weighted by Crippen LogP contribution is -2.19. The van der Waals surface area contributed by atoms with Gasteiger partial charge in [0.15, 0.2) is 11.5 Å². The van der Waals surface area contributed by atoms with E-state index in [9.17, 15) is 14.7 Å². The van der Waals surface area contributed by atoms with E-state index in [1.54, 1.807) is 19.9 Å². The van der Waals surface area contributed by atoms with Crippen LogP contribution >= 0.6 is 0 Å². The highest BCUT2D eigenvalue weighted by molar-refractivity contribution is 6.05. The molecule has 1 heterocycles. The molecule has 1 aromatic rings. The second kappa shape index (κ2) is 6.02. The Morgan fingerprint density at radius 3 is 2.87 bits per heavy atom. The maximum Gasteiger partial charge on any atom is 0.357 e. The lowest BCUT2D eigenvalue weighted by molar-refractivity contribution is -0.114. The van der Waals surface area contributed by atoms with Crippen LogP contribution in [0.25, 0.3) is 5.76 Å². The number of aliphatic hydroxyl groups is 1. The molecule has 0 spiro atoms. The van der Waals surface area contributed by atoms with Crippen LogP contribution in [0, 0.1) is 5.92 Å². The number of hydrogen-bond acceptors (Lipinski definition) is 6. The Bertz CT molecular complexity index is 707. The molecule has 1 unspecified atom stereocenters. The van der Waals surface area contributed by atoms with Crippen molar-refractivity contribution in [2.75, 3.05) is 13.2 Å². The SMILES string of the molecule is CCOC(=O)c1cc2c(c(OCC)n1)C(O)=C1C(=O)CCC1C2. The Labute approximate surface area is 134 Å². The van der Waals surface area contributed by atoms with Crippen molar-refractivity contribution in [2.45, 2.75) is 33.1 Å². The Balaban J connectivity index is 2.14. The van der Waals surface area contributed by atoms with E-state index in [1.807, 2.05) is 0 Å². The summed E-state index contributed by atoms with van der Waals surface area (Å²) in [6, 6.07) is 1.63. The van der Waals surface area contributed by atoms with Crippen LogP contribution in [0.2, 0.25) is 0 Å². The molecule has 0 amide bonds. The van der Waals surface area contributed by atoms with Crippen LogP contribution in [0.1, 0.15) is 48.3 Å². The van der Waals surface area contributed by atoms with Crippen LogP contribution < -0.4 is 4.74 Å². The van der Waals surface area contributed by atoms with E-state index >= 15 is 0 Å². The molecule has 0 aliphatic heterocycles. The smallest absolute Gasteiger partial charge is 0.357 e.